The van der Waals surface area contributed by atoms with Crippen molar-refractivity contribution in [1.29, 1.82) is 0 Å². The number of benzene rings is 1. The number of fused-ring (bicyclic) bond motifs is 1. The first-order chi connectivity index (χ1) is 11.2. The molecule has 0 fully saturated rings. The number of hydrogen-bond donors (Lipinski definition) is 0. The first-order valence-electron chi connectivity index (χ1n) is 7.78. The number of hydrogen-bond acceptors (Lipinski definition) is 4. The molecule has 0 radical (unpaired) electrons. The Morgan fingerprint density at radius 2 is 2.00 bits per heavy atom. The van der Waals surface area contributed by atoms with E-state index in [1.165, 1.54) is 11.8 Å². The van der Waals surface area contributed by atoms with Gasteiger partial charge in [-0.3, -0.25) is 14.2 Å². The minimum Gasteiger partial charge on any atom is -0.348 e. The molecule has 130 valence electrons. The van der Waals surface area contributed by atoms with Gasteiger partial charge in [-0.25, -0.2) is 4.98 Å². The monoisotopic (exact) mass is 411 g/mol. The fraction of sp³-hybridized carbons (Fsp3) is 0.471. The van der Waals surface area contributed by atoms with Gasteiger partial charge in [-0.15, -0.1) is 0 Å². The molecule has 0 N–H and O–H groups in total. The molecular formula is C17H22BrN3O2S. The number of aromatic nitrogens is 2. The van der Waals surface area contributed by atoms with Crippen LogP contribution in [0.25, 0.3) is 10.9 Å². The third-order valence-electron chi connectivity index (χ3n) is 3.50. The van der Waals surface area contributed by atoms with Gasteiger partial charge in [0.2, 0.25) is 5.91 Å². The molecule has 0 aliphatic heterocycles. The van der Waals surface area contributed by atoms with E-state index in [1.807, 2.05) is 19.1 Å². The lowest BCUT2D eigenvalue weighted by Gasteiger charge is -2.19. The van der Waals surface area contributed by atoms with Gasteiger partial charge in [0.25, 0.3) is 5.56 Å². The normalized spacial score (nSPS) is 12.6. The zero-order valence-corrected chi connectivity index (χ0v) is 16.9. The molecule has 0 saturated carbocycles. The zero-order chi connectivity index (χ0) is 18.0. The summed E-state index contributed by atoms with van der Waals surface area (Å²) in [5.41, 5.74) is 0.581. The number of amides is 1. The van der Waals surface area contributed by atoms with Crippen LogP contribution >= 0.6 is 27.7 Å². The van der Waals surface area contributed by atoms with Gasteiger partial charge in [-0.2, -0.15) is 0 Å². The molecule has 1 aromatic carbocycles. The van der Waals surface area contributed by atoms with Gasteiger partial charge >= 0.3 is 0 Å². The van der Waals surface area contributed by atoms with Crippen LogP contribution in [0.5, 0.6) is 0 Å². The van der Waals surface area contributed by atoms with Gasteiger partial charge in [0.15, 0.2) is 5.16 Å². The molecule has 0 saturated heterocycles. The maximum absolute atomic E-state index is 12.9. The van der Waals surface area contributed by atoms with Crippen molar-refractivity contribution < 1.29 is 4.79 Å². The van der Waals surface area contributed by atoms with E-state index in [9.17, 15) is 9.59 Å². The summed E-state index contributed by atoms with van der Waals surface area (Å²) in [6.45, 7) is 6.52. The average molecular weight is 412 g/mol. The van der Waals surface area contributed by atoms with Gasteiger partial charge in [0, 0.05) is 25.1 Å². The van der Waals surface area contributed by atoms with Crippen molar-refractivity contribution in [3.8, 4) is 0 Å². The second-order valence-corrected chi connectivity index (χ2v) is 8.58. The molecule has 0 bridgehead atoms. The first kappa shape index (κ1) is 19.0. The predicted octanol–water partition coefficient (Wildman–Crippen LogP) is 3.38. The average Bonchev–Trinajstić information content (AvgIpc) is 2.50. The van der Waals surface area contributed by atoms with E-state index in [2.05, 4.69) is 34.8 Å². The van der Waals surface area contributed by atoms with Gasteiger partial charge in [-0.05, 0) is 31.0 Å². The van der Waals surface area contributed by atoms with Crippen LogP contribution in [0, 0.1) is 5.92 Å². The Morgan fingerprint density at radius 1 is 1.33 bits per heavy atom. The van der Waals surface area contributed by atoms with Gasteiger partial charge < -0.3 is 4.90 Å². The molecule has 1 amide bonds. The van der Waals surface area contributed by atoms with Crippen molar-refractivity contribution in [2.24, 2.45) is 5.92 Å². The SMILES string of the molecule is CC(C)Cn1c(SC(C)C(=O)N(C)C)nc2ccc(Br)cc2c1=O. The zero-order valence-electron chi connectivity index (χ0n) is 14.5. The molecule has 0 aliphatic rings. The summed E-state index contributed by atoms with van der Waals surface area (Å²) >= 11 is 4.74. The first-order valence-corrected chi connectivity index (χ1v) is 9.46. The number of nitrogens with zero attached hydrogens (tertiary/aromatic N) is 3. The molecular weight excluding hydrogens is 390 g/mol. The summed E-state index contributed by atoms with van der Waals surface area (Å²) in [5, 5.41) is 0.866. The summed E-state index contributed by atoms with van der Waals surface area (Å²) in [5.74, 6) is 0.301. The number of carbonyl (C=O) groups is 1. The number of rotatable bonds is 5. The fourth-order valence-corrected chi connectivity index (χ4v) is 3.79. The van der Waals surface area contributed by atoms with Crippen LogP contribution in [0.4, 0.5) is 0 Å². The number of thioether (sulfide) groups is 1. The minimum absolute atomic E-state index is 0.00116. The van der Waals surface area contributed by atoms with Crippen LogP contribution in [0.15, 0.2) is 32.6 Å². The quantitative estimate of drug-likeness (QED) is 0.558. The molecule has 1 atom stereocenters. The molecule has 1 unspecified atom stereocenters. The van der Waals surface area contributed by atoms with Crippen LogP contribution in [0.2, 0.25) is 0 Å². The smallest absolute Gasteiger partial charge is 0.262 e. The molecule has 1 heterocycles. The third-order valence-corrected chi connectivity index (χ3v) is 5.07. The van der Waals surface area contributed by atoms with E-state index in [0.717, 1.165) is 4.47 Å². The Labute approximate surface area is 154 Å². The Morgan fingerprint density at radius 3 is 2.58 bits per heavy atom. The van der Waals surface area contributed by atoms with Crippen LogP contribution < -0.4 is 5.56 Å². The lowest BCUT2D eigenvalue weighted by molar-refractivity contribution is -0.127. The number of carbonyl (C=O) groups excluding carboxylic acids is 1. The molecule has 1 aromatic heterocycles. The Hall–Kier alpha value is -1.34. The highest BCUT2D eigenvalue weighted by Crippen LogP contribution is 2.25. The van der Waals surface area contributed by atoms with E-state index < -0.39 is 0 Å². The maximum atomic E-state index is 12.9. The Balaban J connectivity index is 2.56. The molecule has 0 aliphatic carbocycles. The van der Waals surface area contributed by atoms with E-state index in [0.29, 0.717) is 28.5 Å². The van der Waals surface area contributed by atoms with Crippen LogP contribution in [-0.4, -0.2) is 39.7 Å². The topological polar surface area (TPSA) is 55.2 Å². The molecule has 7 heteroatoms. The lowest BCUT2D eigenvalue weighted by atomic mass is 10.2. The highest BCUT2D eigenvalue weighted by atomic mass is 79.9. The van der Waals surface area contributed by atoms with E-state index in [1.54, 1.807) is 29.6 Å². The summed E-state index contributed by atoms with van der Waals surface area (Å²) in [4.78, 5) is 31.3. The predicted molar refractivity (Wildman–Crippen MR) is 103 cm³/mol. The van der Waals surface area contributed by atoms with Crippen molar-refractivity contribution in [3.05, 3.63) is 33.0 Å². The largest absolute Gasteiger partial charge is 0.348 e. The van der Waals surface area contributed by atoms with E-state index >= 15 is 0 Å². The Bertz CT molecular complexity index is 817. The van der Waals surface area contributed by atoms with Crippen molar-refractivity contribution in [2.75, 3.05) is 14.1 Å². The summed E-state index contributed by atoms with van der Waals surface area (Å²) in [6, 6.07) is 5.48. The van der Waals surface area contributed by atoms with Gasteiger partial charge in [0.1, 0.15) is 0 Å². The molecule has 2 aromatic rings. The van der Waals surface area contributed by atoms with Crippen LogP contribution in [-0.2, 0) is 11.3 Å². The van der Waals surface area contributed by atoms with Crippen molar-refractivity contribution in [1.82, 2.24) is 14.5 Å². The van der Waals surface area contributed by atoms with E-state index in [-0.39, 0.29) is 16.7 Å². The second kappa shape index (κ2) is 7.70. The van der Waals surface area contributed by atoms with Crippen LogP contribution in [0.1, 0.15) is 20.8 Å². The lowest BCUT2D eigenvalue weighted by Crippen LogP contribution is -2.31. The standard InChI is InChI=1S/C17H22BrN3O2S/c1-10(2)9-21-16(23)13-8-12(18)6-7-14(13)19-17(21)24-11(3)15(22)20(4)5/h6-8,10-11H,9H2,1-5H3. The molecule has 2 rings (SSSR count). The molecule has 5 nitrogen and oxygen atoms in total. The highest BCUT2D eigenvalue weighted by molar-refractivity contribution is 9.10. The van der Waals surface area contributed by atoms with Crippen molar-refractivity contribution >= 4 is 44.5 Å². The van der Waals surface area contributed by atoms with Crippen molar-refractivity contribution in [2.45, 2.75) is 37.7 Å². The minimum atomic E-state index is -0.307. The number of halogens is 1. The fourth-order valence-electron chi connectivity index (χ4n) is 2.36. The third kappa shape index (κ3) is 4.19. The molecule has 0 spiro atoms. The van der Waals surface area contributed by atoms with Crippen molar-refractivity contribution in [3.63, 3.8) is 0 Å². The van der Waals surface area contributed by atoms with Gasteiger partial charge in [-0.1, -0.05) is 41.5 Å². The second-order valence-electron chi connectivity index (χ2n) is 6.36. The summed E-state index contributed by atoms with van der Waals surface area (Å²) in [7, 11) is 3.46. The summed E-state index contributed by atoms with van der Waals surface area (Å²) < 4.78 is 2.53. The Kier molecular flexibility index (Phi) is 6.09. The maximum Gasteiger partial charge on any atom is 0.262 e. The summed E-state index contributed by atoms with van der Waals surface area (Å²) in [6.07, 6.45) is 0. The molecule has 24 heavy (non-hydrogen) atoms. The van der Waals surface area contributed by atoms with Gasteiger partial charge in [0.05, 0.1) is 16.2 Å². The van der Waals surface area contributed by atoms with E-state index in [4.69, 9.17) is 0 Å². The highest BCUT2D eigenvalue weighted by Gasteiger charge is 2.21. The van der Waals surface area contributed by atoms with Crippen LogP contribution in [0.3, 0.4) is 0 Å².